The molecule has 0 bridgehead atoms. The normalized spacial score (nSPS) is 14.7. The van der Waals surface area contributed by atoms with Gasteiger partial charge in [-0.05, 0) is 42.8 Å². The lowest BCUT2D eigenvalue weighted by atomic mass is 10.1. The summed E-state index contributed by atoms with van der Waals surface area (Å²) in [5.41, 5.74) is 3.56. The average molecular weight is 369 g/mol. The molecule has 0 unspecified atom stereocenters. The molecule has 1 N–H and O–H groups in total. The highest BCUT2D eigenvalue weighted by molar-refractivity contribution is 6.30. The number of nitriles is 1. The minimum absolute atomic E-state index is 0.0625. The van der Waals surface area contributed by atoms with Gasteiger partial charge in [0.15, 0.2) is 0 Å². The van der Waals surface area contributed by atoms with E-state index in [2.05, 4.69) is 28.1 Å². The number of nitrogens with one attached hydrogen (secondary N) is 1. The van der Waals surface area contributed by atoms with Gasteiger partial charge >= 0.3 is 0 Å². The minimum Gasteiger partial charge on any atom is -0.369 e. The number of hydrogen-bond donors (Lipinski definition) is 1. The Balaban J connectivity index is 1.53. The van der Waals surface area contributed by atoms with Gasteiger partial charge in [0.1, 0.15) is 0 Å². The first-order valence-corrected chi connectivity index (χ1v) is 8.96. The Morgan fingerprint density at radius 3 is 2.69 bits per heavy atom. The highest BCUT2D eigenvalue weighted by Gasteiger charge is 2.20. The van der Waals surface area contributed by atoms with Crippen molar-refractivity contribution in [2.24, 2.45) is 0 Å². The van der Waals surface area contributed by atoms with Gasteiger partial charge in [-0.25, -0.2) is 0 Å². The quantitative estimate of drug-likeness (QED) is 0.899. The fourth-order valence-electron chi connectivity index (χ4n) is 3.14. The molecule has 0 saturated carbocycles. The molecule has 134 valence electrons. The maximum absolute atomic E-state index is 12.3. The van der Waals surface area contributed by atoms with E-state index in [4.69, 9.17) is 16.9 Å². The first kappa shape index (κ1) is 18.2. The van der Waals surface area contributed by atoms with Crippen molar-refractivity contribution in [1.29, 1.82) is 5.26 Å². The molecule has 0 aliphatic carbocycles. The Labute approximate surface area is 158 Å². The summed E-state index contributed by atoms with van der Waals surface area (Å²) in [6.45, 7) is 5.78. The first-order chi connectivity index (χ1) is 12.5. The predicted molar refractivity (Wildman–Crippen MR) is 105 cm³/mol. The van der Waals surface area contributed by atoms with Gasteiger partial charge in [-0.1, -0.05) is 23.7 Å². The van der Waals surface area contributed by atoms with Crippen LogP contribution < -0.4 is 10.2 Å². The van der Waals surface area contributed by atoms with Crippen molar-refractivity contribution in [1.82, 2.24) is 4.90 Å². The standard InChI is InChI=1S/C20H21ClN4O/c1-15-5-6-17(21)12-19(15)25-9-7-24(8-10-25)14-20(26)23-18-4-2-3-16(11-18)13-22/h2-6,11-12H,7-10,14H2,1H3,(H,23,26). The highest BCUT2D eigenvalue weighted by atomic mass is 35.5. The molecule has 3 rings (SSSR count). The van der Waals surface area contributed by atoms with Gasteiger partial charge in [0.2, 0.25) is 5.91 Å². The molecule has 0 aromatic heterocycles. The first-order valence-electron chi connectivity index (χ1n) is 8.58. The maximum Gasteiger partial charge on any atom is 0.238 e. The zero-order chi connectivity index (χ0) is 18.5. The van der Waals surface area contributed by atoms with Gasteiger partial charge in [0.05, 0.1) is 18.2 Å². The zero-order valence-electron chi connectivity index (χ0n) is 14.7. The van der Waals surface area contributed by atoms with E-state index in [0.717, 1.165) is 36.9 Å². The maximum atomic E-state index is 12.3. The van der Waals surface area contributed by atoms with Crippen LogP contribution in [0.15, 0.2) is 42.5 Å². The number of benzene rings is 2. The van der Waals surface area contributed by atoms with Crippen molar-refractivity contribution in [3.63, 3.8) is 0 Å². The smallest absolute Gasteiger partial charge is 0.238 e. The van der Waals surface area contributed by atoms with Gasteiger partial charge in [0.25, 0.3) is 0 Å². The minimum atomic E-state index is -0.0625. The van der Waals surface area contributed by atoms with E-state index in [1.54, 1.807) is 24.3 Å². The molecule has 1 aliphatic rings. The summed E-state index contributed by atoms with van der Waals surface area (Å²) in [6, 6.07) is 15.0. The summed E-state index contributed by atoms with van der Waals surface area (Å²) >= 11 is 6.12. The van der Waals surface area contributed by atoms with E-state index in [1.807, 2.05) is 18.2 Å². The number of halogens is 1. The molecule has 0 atom stereocenters. The van der Waals surface area contributed by atoms with Crippen LogP contribution in [0.1, 0.15) is 11.1 Å². The van der Waals surface area contributed by atoms with E-state index in [9.17, 15) is 4.79 Å². The van der Waals surface area contributed by atoms with Crippen molar-refractivity contribution in [2.75, 3.05) is 42.9 Å². The number of nitrogens with zero attached hydrogens (tertiary/aromatic N) is 3. The van der Waals surface area contributed by atoms with Crippen LogP contribution in [0.4, 0.5) is 11.4 Å². The van der Waals surface area contributed by atoms with E-state index in [1.165, 1.54) is 5.56 Å². The lowest BCUT2D eigenvalue weighted by molar-refractivity contribution is -0.117. The average Bonchev–Trinajstić information content (AvgIpc) is 2.64. The number of piperazine rings is 1. The van der Waals surface area contributed by atoms with Crippen molar-refractivity contribution < 1.29 is 4.79 Å². The number of amides is 1. The lowest BCUT2D eigenvalue weighted by Crippen LogP contribution is -2.48. The second-order valence-corrected chi connectivity index (χ2v) is 6.87. The molecule has 2 aromatic carbocycles. The summed E-state index contributed by atoms with van der Waals surface area (Å²) in [4.78, 5) is 16.7. The van der Waals surface area contributed by atoms with Crippen LogP contribution in [0.3, 0.4) is 0 Å². The molecule has 1 saturated heterocycles. The fourth-order valence-corrected chi connectivity index (χ4v) is 3.31. The Kier molecular flexibility index (Phi) is 5.77. The third kappa shape index (κ3) is 4.54. The van der Waals surface area contributed by atoms with Crippen LogP contribution in [0.2, 0.25) is 5.02 Å². The Morgan fingerprint density at radius 2 is 1.96 bits per heavy atom. The van der Waals surface area contributed by atoms with Crippen LogP contribution >= 0.6 is 11.6 Å². The van der Waals surface area contributed by atoms with E-state index < -0.39 is 0 Å². The van der Waals surface area contributed by atoms with Crippen LogP contribution in [0.25, 0.3) is 0 Å². The molecule has 6 heteroatoms. The SMILES string of the molecule is Cc1ccc(Cl)cc1N1CCN(CC(=O)Nc2cccc(C#N)c2)CC1. The molecular weight excluding hydrogens is 348 g/mol. The van der Waals surface area contributed by atoms with Crippen molar-refractivity contribution in [3.05, 3.63) is 58.6 Å². The molecular formula is C20H21ClN4O. The van der Waals surface area contributed by atoms with Crippen molar-refractivity contribution >= 4 is 28.9 Å². The molecule has 0 radical (unpaired) electrons. The van der Waals surface area contributed by atoms with Gasteiger partial charge in [-0.15, -0.1) is 0 Å². The number of anilines is 2. The molecule has 1 fully saturated rings. The van der Waals surface area contributed by atoms with E-state index in [-0.39, 0.29) is 5.91 Å². The second kappa shape index (κ2) is 8.22. The topological polar surface area (TPSA) is 59.4 Å². The number of hydrogen-bond acceptors (Lipinski definition) is 4. The lowest BCUT2D eigenvalue weighted by Gasteiger charge is -2.36. The van der Waals surface area contributed by atoms with E-state index in [0.29, 0.717) is 17.8 Å². The molecule has 1 heterocycles. The van der Waals surface area contributed by atoms with E-state index >= 15 is 0 Å². The van der Waals surface area contributed by atoms with Crippen molar-refractivity contribution in [2.45, 2.75) is 6.92 Å². The predicted octanol–water partition coefficient (Wildman–Crippen LogP) is 3.28. The molecule has 2 aromatic rings. The third-order valence-corrected chi connectivity index (χ3v) is 4.76. The van der Waals surface area contributed by atoms with Gasteiger partial charge in [-0.2, -0.15) is 5.26 Å². The van der Waals surface area contributed by atoms with Gasteiger partial charge in [0, 0.05) is 42.6 Å². The van der Waals surface area contributed by atoms with Crippen LogP contribution in [0.5, 0.6) is 0 Å². The molecule has 1 amide bonds. The van der Waals surface area contributed by atoms with Gasteiger partial charge in [-0.3, -0.25) is 9.69 Å². The molecule has 5 nitrogen and oxygen atoms in total. The second-order valence-electron chi connectivity index (χ2n) is 6.43. The van der Waals surface area contributed by atoms with Crippen LogP contribution in [-0.2, 0) is 4.79 Å². The fraction of sp³-hybridized carbons (Fsp3) is 0.300. The zero-order valence-corrected chi connectivity index (χ0v) is 15.5. The summed E-state index contributed by atoms with van der Waals surface area (Å²) in [5, 5.41) is 12.5. The molecule has 0 spiro atoms. The Hall–Kier alpha value is -2.55. The summed E-state index contributed by atoms with van der Waals surface area (Å²) < 4.78 is 0. The molecule has 26 heavy (non-hydrogen) atoms. The number of carbonyl (C=O) groups is 1. The number of carbonyl (C=O) groups excluding carboxylic acids is 1. The van der Waals surface area contributed by atoms with Crippen molar-refractivity contribution in [3.8, 4) is 6.07 Å². The third-order valence-electron chi connectivity index (χ3n) is 4.53. The molecule has 1 aliphatic heterocycles. The monoisotopic (exact) mass is 368 g/mol. The summed E-state index contributed by atoms with van der Waals surface area (Å²) in [5.74, 6) is -0.0625. The Morgan fingerprint density at radius 1 is 1.19 bits per heavy atom. The Bertz CT molecular complexity index is 838. The summed E-state index contributed by atoms with van der Waals surface area (Å²) in [6.07, 6.45) is 0. The van der Waals surface area contributed by atoms with Gasteiger partial charge < -0.3 is 10.2 Å². The summed E-state index contributed by atoms with van der Waals surface area (Å²) in [7, 11) is 0. The highest BCUT2D eigenvalue weighted by Crippen LogP contribution is 2.25. The van der Waals surface area contributed by atoms with Crippen LogP contribution in [0, 0.1) is 18.3 Å². The van der Waals surface area contributed by atoms with Crippen LogP contribution in [-0.4, -0.2) is 43.5 Å². The number of rotatable bonds is 4. The largest absolute Gasteiger partial charge is 0.369 e. The number of aryl methyl sites for hydroxylation is 1.